The number of phenolic OH excluding ortho intramolecular Hbond substituents is 1. The first-order valence-corrected chi connectivity index (χ1v) is 6.52. The van der Waals surface area contributed by atoms with E-state index >= 15 is 0 Å². The molecule has 0 aliphatic heterocycles. The maximum absolute atomic E-state index is 9.86. The van der Waals surface area contributed by atoms with E-state index in [0.717, 1.165) is 35.6 Å². The Bertz CT molecular complexity index is 625. The van der Waals surface area contributed by atoms with E-state index in [-0.39, 0.29) is 6.04 Å². The van der Waals surface area contributed by atoms with Gasteiger partial charge in [-0.1, -0.05) is 12.1 Å². The standard InChI is InChI=1S/C15H17N3O/c1-9-8-16-10(2)15(17-9)18-13-7-6-12-11(13)4-3-5-14(12)19/h3-5,8,13,19H,6-7H2,1-2H3,(H,17,18)/t13-/m1/s1. The van der Waals surface area contributed by atoms with Crippen molar-refractivity contribution in [2.75, 3.05) is 5.32 Å². The summed E-state index contributed by atoms with van der Waals surface area (Å²) in [6, 6.07) is 5.91. The Kier molecular flexibility index (Phi) is 2.85. The first kappa shape index (κ1) is 12.0. The molecule has 98 valence electrons. The highest BCUT2D eigenvalue weighted by Gasteiger charge is 2.25. The predicted octanol–water partition coefficient (Wildman–Crippen LogP) is 2.90. The number of fused-ring (bicyclic) bond motifs is 1. The summed E-state index contributed by atoms with van der Waals surface area (Å²) in [6.45, 7) is 3.89. The molecule has 3 rings (SSSR count). The summed E-state index contributed by atoms with van der Waals surface area (Å²) in [5, 5.41) is 13.3. The molecule has 19 heavy (non-hydrogen) atoms. The highest BCUT2D eigenvalue weighted by atomic mass is 16.3. The van der Waals surface area contributed by atoms with Crippen molar-refractivity contribution in [1.29, 1.82) is 0 Å². The third-order valence-corrected chi connectivity index (χ3v) is 3.63. The number of benzene rings is 1. The van der Waals surface area contributed by atoms with Crippen LogP contribution < -0.4 is 5.32 Å². The van der Waals surface area contributed by atoms with Crippen molar-refractivity contribution in [3.8, 4) is 5.75 Å². The van der Waals surface area contributed by atoms with Gasteiger partial charge in [0.2, 0.25) is 0 Å². The molecule has 1 aromatic carbocycles. The number of hydrogen-bond donors (Lipinski definition) is 2. The predicted molar refractivity (Wildman–Crippen MR) is 74.3 cm³/mol. The lowest BCUT2D eigenvalue weighted by Gasteiger charge is -2.16. The number of hydrogen-bond acceptors (Lipinski definition) is 4. The summed E-state index contributed by atoms with van der Waals surface area (Å²) in [7, 11) is 0. The SMILES string of the molecule is Cc1cnc(C)c(N[C@@H]2CCc3c(O)cccc32)n1. The zero-order chi connectivity index (χ0) is 13.4. The van der Waals surface area contributed by atoms with E-state index in [9.17, 15) is 5.11 Å². The molecule has 0 saturated heterocycles. The molecular weight excluding hydrogens is 238 g/mol. The van der Waals surface area contributed by atoms with Crippen molar-refractivity contribution in [3.05, 3.63) is 46.9 Å². The minimum Gasteiger partial charge on any atom is -0.508 e. The van der Waals surface area contributed by atoms with E-state index in [1.807, 2.05) is 19.9 Å². The van der Waals surface area contributed by atoms with Gasteiger partial charge in [-0.2, -0.15) is 0 Å². The number of aryl methyl sites for hydroxylation is 2. The minimum atomic E-state index is 0.205. The zero-order valence-electron chi connectivity index (χ0n) is 11.1. The average molecular weight is 255 g/mol. The molecule has 4 heteroatoms. The number of nitrogens with zero attached hydrogens (tertiary/aromatic N) is 2. The third-order valence-electron chi connectivity index (χ3n) is 3.63. The Morgan fingerprint density at radius 3 is 3.00 bits per heavy atom. The van der Waals surface area contributed by atoms with Gasteiger partial charge in [-0.3, -0.25) is 4.98 Å². The average Bonchev–Trinajstić information content (AvgIpc) is 2.79. The number of phenols is 1. The highest BCUT2D eigenvalue weighted by Crippen LogP contribution is 2.38. The van der Waals surface area contributed by atoms with E-state index < -0.39 is 0 Å². The second-order valence-corrected chi connectivity index (χ2v) is 5.03. The Labute approximate surface area is 112 Å². The van der Waals surface area contributed by atoms with Crippen LogP contribution in [0.15, 0.2) is 24.4 Å². The molecular formula is C15H17N3O. The molecule has 4 nitrogen and oxygen atoms in total. The molecule has 1 aromatic heterocycles. The van der Waals surface area contributed by atoms with Crippen LogP contribution in [-0.4, -0.2) is 15.1 Å². The smallest absolute Gasteiger partial charge is 0.148 e. The van der Waals surface area contributed by atoms with Gasteiger partial charge in [0, 0.05) is 6.20 Å². The minimum absolute atomic E-state index is 0.205. The Hall–Kier alpha value is -2.10. The Morgan fingerprint density at radius 1 is 1.32 bits per heavy atom. The monoisotopic (exact) mass is 255 g/mol. The molecule has 2 N–H and O–H groups in total. The summed E-state index contributed by atoms with van der Waals surface area (Å²) in [5.41, 5.74) is 4.03. The molecule has 0 amide bonds. The lowest BCUT2D eigenvalue weighted by atomic mass is 10.1. The van der Waals surface area contributed by atoms with Crippen LogP contribution in [0.25, 0.3) is 0 Å². The molecule has 0 spiro atoms. The van der Waals surface area contributed by atoms with Crippen LogP contribution in [0.4, 0.5) is 5.82 Å². The normalized spacial score (nSPS) is 17.3. The van der Waals surface area contributed by atoms with Gasteiger partial charge in [0.1, 0.15) is 11.6 Å². The van der Waals surface area contributed by atoms with Gasteiger partial charge in [-0.05, 0) is 43.9 Å². The van der Waals surface area contributed by atoms with Crippen LogP contribution >= 0.6 is 0 Å². The maximum Gasteiger partial charge on any atom is 0.148 e. The van der Waals surface area contributed by atoms with Crippen molar-refractivity contribution in [2.45, 2.75) is 32.7 Å². The molecule has 0 radical (unpaired) electrons. The fraction of sp³-hybridized carbons (Fsp3) is 0.333. The van der Waals surface area contributed by atoms with Crippen molar-refractivity contribution in [3.63, 3.8) is 0 Å². The van der Waals surface area contributed by atoms with E-state index in [0.29, 0.717) is 5.75 Å². The van der Waals surface area contributed by atoms with Crippen LogP contribution in [0.1, 0.15) is 35.0 Å². The second-order valence-electron chi connectivity index (χ2n) is 5.03. The highest BCUT2D eigenvalue weighted by molar-refractivity contribution is 5.49. The topological polar surface area (TPSA) is 58.0 Å². The molecule has 0 fully saturated rings. The Balaban J connectivity index is 1.91. The fourth-order valence-corrected chi connectivity index (χ4v) is 2.62. The molecule has 1 atom stereocenters. The lowest BCUT2D eigenvalue weighted by Crippen LogP contribution is -2.10. The van der Waals surface area contributed by atoms with E-state index in [2.05, 4.69) is 21.4 Å². The third kappa shape index (κ3) is 2.14. The summed E-state index contributed by atoms with van der Waals surface area (Å²) in [6.07, 6.45) is 3.65. The molecule has 0 bridgehead atoms. The largest absolute Gasteiger partial charge is 0.508 e. The van der Waals surface area contributed by atoms with Crippen LogP contribution in [0.2, 0.25) is 0 Å². The molecule has 1 aliphatic carbocycles. The van der Waals surface area contributed by atoms with E-state index in [1.54, 1.807) is 12.3 Å². The number of aromatic hydroxyl groups is 1. The van der Waals surface area contributed by atoms with Gasteiger partial charge in [-0.25, -0.2) is 4.98 Å². The molecule has 1 aliphatic rings. The second kappa shape index (κ2) is 4.53. The van der Waals surface area contributed by atoms with Crippen molar-refractivity contribution >= 4 is 5.82 Å². The van der Waals surface area contributed by atoms with Crippen LogP contribution in [0.3, 0.4) is 0 Å². The fourth-order valence-electron chi connectivity index (χ4n) is 2.62. The van der Waals surface area contributed by atoms with E-state index in [1.165, 1.54) is 5.56 Å². The summed E-state index contributed by atoms with van der Waals surface area (Å²) in [4.78, 5) is 8.82. The van der Waals surface area contributed by atoms with Gasteiger partial charge in [0.15, 0.2) is 0 Å². The lowest BCUT2D eigenvalue weighted by molar-refractivity contribution is 0.469. The number of nitrogens with one attached hydrogen (secondary N) is 1. The quantitative estimate of drug-likeness (QED) is 0.866. The number of rotatable bonds is 2. The number of aromatic nitrogens is 2. The van der Waals surface area contributed by atoms with Crippen molar-refractivity contribution in [1.82, 2.24) is 9.97 Å². The van der Waals surface area contributed by atoms with Gasteiger partial charge >= 0.3 is 0 Å². The first-order valence-electron chi connectivity index (χ1n) is 6.52. The summed E-state index contributed by atoms with van der Waals surface area (Å²) >= 11 is 0. The van der Waals surface area contributed by atoms with Crippen molar-refractivity contribution in [2.24, 2.45) is 0 Å². The first-order chi connectivity index (χ1) is 9.15. The van der Waals surface area contributed by atoms with Gasteiger partial charge in [0.25, 0.3) is 0 Å². The van der Waals surface area contributed by atoms with Crippen LogP contribution in [-0.2, 0) is 6.42 Å². The van der Waals surface area contributed by atoms with Crippen molar-refractivity contribution < 1.29 is 5.11 Å². The maximum atomic E-state index is 9.86. The molecule has 0 saturated carbocycles. The molecule has 2 aromatic rings. The molecule has 0 unspecified atom stereocenters. The van der Waals surface area contributed by atoms with E-state index in [4.69, 9.17) is 0 Å². The van der Waals surface area contributed by atoms with Crippen LogP contribution in [0.5, 0.6) is 5.75 Å². The summed E-state index contributed by atoms with van der Waals surface area (Å²) in [5.74, 6) is 1.23. The van der Waals surface area contributed by atoms with Gasteiger partial charge < -0.3 is 10.4 Å². The number of anilines is 1. The van der Waals surface area contributed by atoms with Crippen LogP contribution in [0, 0.1) is 13.8 Å². The Morgan fingerprint density at radius 2 is 2.16 bits per heavy atom. The van der Waals surface area contributed by atoms with Gasteiger partial charge in [0.05, 0.1) is 17.4 Å². The zero-order valence-corrected chi connectivity index (χ0v) is 11.1. The van der Waals surface area contributed by atoms with Gasteiger partial charge in [-0.15, -0.1) is 0 Å². The molecule has 1 heterocycles. The summed E-state index contributed by atoms with van der Waals surface area (Å²) < 4.78 is 0.